The van der Waals surface area contributed by atoms with E-state index in [1.807, 2.05) is 25.1 Å². The first kappa shape index (κ1) is 14.0. The maximum atomic E-state index is 9.26. The van der Waals surface area contributed by atoms with E-state index < -0.39 is 0 Å². The molecule has 19 heavy (non-hydrogen) atoms. The molecule has 1 aromatic carbocycles. The molecular formula is C15H21N3O. The van der Waals surface area contributed by atoms with E-state index in [0.717, 1.165) is 45.0 Å². The summed E-state index contributed by atoms with van der Waals surface area (Å²) in [5.41, 5.74) is 2.23. The lowest BCUT2D eigenvalue weighted by atomic mass is 10.1. The Labute approximate surface area is 115 Å². The molecule has 102 valence electrons. The molecule has 0 spiro atoms. The third-order valence-corrected chi connectivity index (χ3v) is 3.38. The van der Waals surface area contributed by atoms with Crippen LogP contribution in [0, 0.1) is 18.3 Å². The fourth-order valence-electron chi connectivity index (χ4n) is 2.28. The molecule has 4 nitrogen and oxygen atoms in total. The van der Waals surface area contributed by atoms with Gasteiger partial charge >= 0.3 is 0 Å². The molecule has 1 aromatic rings. The summed E-state index contributed by atoms with van der Waals surface area (Å²) in [7, 11) is 0. The Hall–Kier alpha value is -1.41. The number of hydrogen-bond donors (Lipinski definition) is 1. The molecular weight excluding hydrogens is 238 g/mol. The largest absolute Gasteiger partial charge is 0.379 e. The SMILES string of the molecule is Cc1cccc(C(C#N)NCCN2CCOCC2)c1. The molecule has 1 aliphatic heterocycles. The predicted molar refractivity (Wildman–Crippen MR) is 74.8 cm³/mol. The molecule has 1 fully saturated rings. The Morgan fingerprint density at radius 2 is 2.21 bits per heavy atom. The highest BCUT2D eigenvalue weighted by molar-refractivity contribution is 5.28. The van der Waals surface area contributed by atoms with Crippen LogP contribution >= 0.6 is 0 Å². The second kappa shape index (κ2) is 7.25. The van der Waals surface area contributed by atoms with Crippen LogP contribution in [-0.2, 0) is 4.74 Å². The highest BCUT2D eigenvalue weighted by Gasteiger charge is 2.12. The van der Waals surface area contributed by atoms with Crippen molar-refractivity contribution in [1.29, 1.82) is 5.26 Å². The molecule has 1 unspecified atom stereocenters. The van der Waals surface area contributed by atoms with Gasteiger partial charge in [0.1, 0.15) is 6.04 Å². The summed E-state index contributed by atoms with van der Waals surface area (Å²) in [6.07, 6.45) is 0. The summed E-state index contributed by atoms with van der Waals surface area (Å²) < 4.78 is 5.32. The van der Waals surface area contributed by atoms with Gasteiger partial charge in [-0.05, 0) is 12.5 Å². The van der Waals surface area contributed by atoms with E-state index >= 15 is 0 Å². The molecule has 0 aliphatic carbocycles. The van der Waals surface area contributed by atoms with Crippen LogP contribution in [0.3, 0.4) is 0 Å². The van der Waals surface area contributed by atoms with Crippen LogP contribution < -0.4 is 5.32 Å². The van der Waals surface area contributed by atoms with E-state index in [-0.39, 0.29) is 6.04 Å². The van der Waals surface area contributed by atoms with Gasteiger partial charge in [-0.15, -0.1) is 0 Å². The normalized spacial score (nSPS) is 17.9. The molecule has 4 heteroatoms. The standard InChI is InChI=1S/C15H21N3O/c1-13-3-2-4-14(11-13)15(12-16)17-5-6-18-7-9-19-10-8-18/h2-4,11,15,17H,5-10H2,1H3. The maximum absolute atomic E-state index is 9.26. The lowest BCUT2D eigenvalue weighted by Gasteiger charge is -2.27. The Bertz CT molecular complexity index is 435. The Morgan fingerprint density at radius 1 is 1.42 bits per heavy atom. The third kappa shape index (κ3) is 4.32. The highest BCUT2D eigenvalue weighted by atomic mass is 16.5. The molecule has 0 aromatic heterocycles. The van der Waals surface area contributed by atoms with Gasteiger partial charge in [-0.2, -0.15) is 5.26 Å². The van der Waals surface area contributed by atoms with Crippen molar-refractivity contribution in [2.45, 2.75) is 13.0 Å². The Kier molecular flexibility index (Phi) is 5.34. The second-order valence-corrected chi connectivity index (χ2v) is 4.88. The van der Waals surface area contributed by atoms with E-state index in [1.54, 1.807) is 0 Å². The molecule has 1 N–H and O–H groups in total. The number of aryl methyl sites for hydroxylation is 1. The fourth-order valence-corrected chi connectivity index (χ4v) is 2.28. The van der Waals surface area contributed by atoms with Crippen molar-refractivity contribution in [3.05, 3.63) is 35.4 Å². The third-order valence-electron chi connectivity index (χ3n) is 3.38. The van der Waals surface area contributed by atoms with Crippen molar-refractivity contribution in [1.82, 2.24) is 10.2 Å². The van der Waals surface area contributed by atoms with Crippen molar-refractivity contribution >= 4 is 0 Å². The minimum Gasteiger partial charge on any atom is -0.379 e. The predicted octanol–water partition coefficient (Wildman–Crippen LogP) is 1.48. The quantitative estimate of drug-likeness (QED) is 0.870. The van der Waals surface area contributed by atoms with E-state index in [4.69, 9.17) is 4.74 Å². The van der Waals surface area contributed by atoms with E-state index in [9.17, 15) is 5.26 Å². The van der Waals surface area contributed by atoms with Crippen LogP contribution in [0.2, 0.25) is 0 Å². The van der Waals surface area contributed by atoms with E-state index in [2.05, 4.69) is 22.4 Å². The molecule has 1 atom stereocenters. The summed E-state index contributed by atoms with van der Waals surface area (Å²) in [4.78, 5) is 2.36. The summed E-state index contributed by atoms with van der Waals surface area (Å²) in [6, 6.07) is 10.2. The molecule has 2 rings (SSSR count). The second-order valence-electron chi connectivity index (χ2n) is 4.88. The number of ether oxygens (including phenoxy) is 1. The van der Waals surface area contributed by atoms with Crippen LogP contribution in [0.15, 0.2) is 24.3 Å². The average molecular weight is 259 g/mol. The minimum absolute atomic E-state index is 0.221. The molecule has 1 saturated heterocycles. The first-order chi connectivity index (χ1) is 9.29. The highest BCUT2D eigenvalue weighted by Crippen LogP contribution is 2.13. The van der Waals surface area contributed by atoms with Gasteiger partial charge in [-0.1, -0.05) is 29.8 Å². The van der Waals surface area contributed by atoms with E-state index in [0.29, 0.717) is 0 Å². The van der Waals surface area contributed by atoms with Crippen LogP contribution in [0.25, 0.3) is 0 Å². The van der Waals surface area contributed by atoms with Gasteiger partial charge in [0, 0.05) is 26.2 Å². The lowest BCUT2D eigenvalue weighted by Crippen LogP contribution is -2.40. The van der Waals surface area contributed by atoms with Crippen molar-refractivity contribution in [2.75, 3.05) is 39.4 Å². The first-order valence-corrected chi connectivity index (χ1v) is 6.79. The molecule has 1 heterocycles. The lowest BCUT2D eigenvalue weighted by molar-refractivity contribution is 0.0383. The van der Waals surface area contributed by atoms with Gasteiger partial charge < -0.3 is 4.74 Å². The topological polar surface area (TPSA) is 48.3 Å². The summed E-state index contributed by atoms with van der Waals surface area (Å²) in [5.74, 6) is 0. The minimum atomic E-state index is -0.221. The summed E-state index contributed by atoms with van der Waals surface area (Å²) >= 11 is 0. The van der Waals surface area contributed by atoms with E-state index in [1.165, 1.54) is 5.56 Å². The molecule has 0 saturated carbocycles. The van der Waals surface area contributed by atoms with Gasteiger partial charge in [-0.3, -0.25) is 10.2 Å². The van der Waals surface area contributed by atoms with Crippen molar-refractivity contribution in [3.63, 3.8) is 0 Å². The molecule has 1 aliphatic rings. The van der Waals surface area contributed by atoms with Crippen molar-refractivity contribution in [3.8, 4) is 6.07 Å². The zero-order chi connectivity index (χ0) is 13.5. The van der Waals surface area contributed by atoms with Crippen LogP contribution in [0.5, 0.6) is 0 Å². The fraction of sp³-hybridized carbons (Fsp3) is 0.533. The van der Waals surface area contributed by atoms with Crippen LogP contribution in [0.4, 0.5) is 0 Å². The Balaban J connectivity index is 1.81. The van der Waals surface area contributed by atoms with Gasteiger partial charge in [0.25, 0.3) is 0 Å². The number of benzene rings is 1. The molecule has 0 radical (unpaired) electrons. The number of morpholine rings is 1. The number of nitrogens with one attached hydrogen (secondary N) is 1. The first-order valence-electron chi connectivity index (χ1n) is 6.79. The average Bonchev–Trinajstić information content (AvgIpc) is 2.45. The monoisotopic (exact) mass is 259 g/mol. The zero-order valence-electron chi connectivity index (χ0n) is 11.4. The molecule has 0 amide bonds. The smallest absolute Gasteiger partial charge is 0.121 e. The van der Waals surface area contributed by atoms with Crippen molar-refractivity contribution < 1.29 is 4.74 Å². The van der Waals surface area contributed by atoms with Gasteiger partial charge in [-0.25, -0.2) is 0 Å². The number of nitriles is 1. The maximum Gasteiger partial charge on any atom is 0.121 e. The van der Waals surface area contributed by atoms with Crippen LogP contribution in [0.1, 0.15) is 17.2 Å². The van der Waals surface area contributed by atoms with Crippen molar-refractivity contribution in [2.24, 2.45) is 0 Å². The van der Waals surface area contributed by atoms with Gasteiger partial charge in [0.05, 0.1) is 19.3 Å². The van der Waals surface area contributed by atoms with Crippen LogP contribution in [-0.4, -0.2) is 44.3 Å². The molecule has 0 bridgehead atoms. The number of nitrogens with zero attached hydrogens (tertiary/aromatic N) is 2. The summed E-state index contributed by atoms with van der Waals surface area (Å²) in [6.45, 7) is 7.46. The Morgan fingerprint density at radius 3 is 2.89 bits per heavy atom. The van der Waals surface area contributed by atoms with Gasteiger partial charge in [0.2, 0.25) is 0 Å². The number of rotatable bonds is 5. The number of hydrogen-bond acceptors (Lipinski definition) is 4. The summed E-state index contributed by atoms with van der Waals surface area (Å²) in [5, 5.41) is 12.6. The zero-order valence-corrected chi connectivity index (χ0v) is 11.4. The van der Waals surface area contributed by atoms with Gasteiger partial charge in [0.15, 0.2) is 0 Å².